The molecule has 0 heterocycles. The van der Waals surface area contributed by atoms with Crippen molar-refractivity contribution in [1.82, 2.24) is 31.9 Å². The topological polar surface area (TPSA) is 201 Å². The quantitative estimate of drug-likeness (QED) is 0.0906. The Labute approximate surface area is 238 Å². The minimum absolute atomic E-state index is 0.0165. The van der Waals surface area contributed by atoms with E-state index >= 15 is 0 Å². The molecule has 6 amide bonds. The van der Waals surface area contributed by atoms with Gasteiger partial charge in [0.05, 0.1) is 13.1 Å². The molecule has 8 N–H and O–H groups in total. The second-order valence-electron chi connectivity index (χ2n) is 9.83. The van der Waals surface area contributed by atoms with E-state index in [-0.39, 0.29) is 50.6 Å². The molecule has 13 nitrogen and oxygen atoms in total. The van der Waals surface area contributed by atoms with Crippen molar-refractivity contribution in [2.75, 3.05) is 33.2 Å². The second-order valence-corrected chi connectivity index (χ2v) is 9.83. The summed E-state index contributed by atoms with van der Waals surface area (Å²) in [5.74, 6) is -4.85. The number of amides is 6. The summed E-state index contributed by atoms with van der Waals surface area (Å²) in [6.45, 7) is 3.08. The molecule has 0 aromatic carbocycles. The van der Waals surface area contributed by atoms with Crippen LogP contribution >= 0.6 is 0 Å². The average Bonchev–Trinajstić information content (AvgIpc) is 2.90. The molecule has 236 valence electrons. The number of nitrogens with two attached hydrogens (primary N) is 1. The van der Waals surface area contributed by atoms with Crippen LogP contribution in [0.15, 0.2) is 0 Å². The Kier molecular flexibility index (Phi) is 18.7. The third-order valence-electron chi connectivity index (χ3n) is 5.71. The van der Waals surface area contributed by atoms with Crippen molar-refractivity contribution < 1.29 is 41.9 Å². The standard InChI is InChI=1S/C25H44F3N7O6/c1-16(2)13-18(35-19(36)10-5-4-7-11-29)23(40)33-15-21(38)34-17(22(39)32-14-20(37)30-3)9-6-8-12-31-24(41)25(26,27)28/h16-18H,4-15,29H2,1-3H3,(H,30,37)(H,31,41)(H,32,39)(H,33,40)(H,34,38)(H,35,36)/t17-,18-/m0/s1. The fourth-order valence-electron chi connectivity index (χ4n) is 3.54. The van der Waals surface area contributed by atoms with Crippen molar-refractivity contribution in [2.24, 2.45) is 11.7 Å². The van der Waals surface area contributed by atoms with Crippen LogP contribution in [0.1, 0.15) is 65.2 Å². The van der Waals surface area contributed by atoms with E-state index in [1.165, 1.54) is 7.05 Å². The Morgan fingerprint density at radius 1 is 0.732 bits per heavy atom. The molecule has 2 atom stereocenters. The summed E-state index contributed by atoms with van der Waals surface area (Å²) >= 11 is 0. The van der Waals surface area contributed by atoms with Crippen LogP contribution in [0.2, 0.25) is 0 Å². The molecule has 0 aromatic heterocycles. The summed E-state index contributed by atoms with van der Waals surface area (Å²) in [6, 6.07) is -2.04. The highest BCUT2D eigenvalue weighted by Gasteiger charge is 2.38. The largest absolute Gasteiger partial charge is 0.471 e. The van der Waals surface area contributed by atoms with Crippen LogP contribution in [0.5, 0.6) is 0 Å². The van der Waals surface area contributed by atoms with E-state index in [9.17, 15) is 41.9 Å². The second kappa shape index (κ2) is 20.4. The molecule has 0 spiro atoms. The third-order valence-corrected chi connectivity index (χ3v) is 5.71. The van der Waals surface area contributed by atoms with Gasteiger partial charge in [-0.2, -0.15) is 13.2 Å². The van der Waals surface area contributed by atoms with Gasteiger partial charge in [-0.25, -0.2) is 0 Å². The monoisotopic (exact) mass is 595 g/mol. The number of unbranched alkanes of at least 4 members (excludes halogenated alkanes) is 3. The molecule has 16 heteroatoms. The lowest BCUT2D eigenvalue weighted by atomic mass is 10.0. The van der Waals surface area contributed by atoms with Crippen molar-refractivity contribution >= 4 is 35.4 Å². The summed E-state index contributed by atoms with van der Waals surface area (Å²) < 4.78 is 36.9. The number of halogens is 3. The van der Waals surface area contributed by atoms with Crippen LogP contribution in [-0.2, 0) is 28.8 Å². The smallest absolute Gasteiger partial charge is 0.358 e. The first-order chi connectivity index (χ1) is 19.2. The molecular weight excluding hydrogens is 551 g/mol. The normalized spacial score (nSPS) is 12.6. The average molecular weight is 596 g/mol. The third kappa shape index (κ3) is 18.5. The molecule has 0 saturated carbocycles. The van der Waals surface area contributed by atoms with Crippen molar-refractivity contribution in [3.63, 3.8) is 0 Å². The molecule has 0 bridgehead atoms. The summed E-state index contributed by atoms with van der Waals surface area (Å²) in [7, 11) is 1.36. The summed E-state index contributed by atoms with van der Waals surface area (Å²) in [6.07, 6.45) is -2.04. The van der Waals surface area contributed by atoms with Gasteiger partial charge >= 0.3 is 12.1 Å². The fourth-order valence-corrected chi connectivity index (χ4v) is 3.54. The first-order valence-electron chi connectivity index (χ1n) is 13.6. The van der Waals surface area contributed by atoms with Crippen LogP contribution in [-0.4, -0.2) is 86.9 Å². The zero-order valence-corrected chi connectivity index (χ0v) is 23.9. The number of carbonyl (C=O) groups is 6. The van der Waals surface area contributed by atoms with Crippen molar-refractivity contribution in [1.29, 1.82) is 0 Å². The molecule has 0 fully saturated rings. The highest BCUT2D eigenvalue weighted by molar-refractivity contribution is 5.93. The van der Waals surface area contributed by atoms with Gasteiger partial charge in [-0.3, -0.25) is 28.8 Å². The molecular formula is C25H44F3N7O6. The van der Waals surface area contributed by atoms with E-state index in [1.807, 2.05) is 13.8 Å². The van der Waals surface area contributed by atoms with E-state index in [0.29, 0.717) is 19.4 Å². The molecule has 0 unspecified atom stereocenters. The van der Waals surface area contributed by atoms with Gasteiger partial charge in [0.1, 0.15) is 12.1 Å². The summed E-state index contributed by atoms with van der Waals surface area (Å²) in [5.41, 5.74) is 5.44. The highest BCUT2D eigenvalue weighted by atomic mass is 19.4. The van der Waals surface area contributed by atoms with Gasteiger partial charge in [-0.15, -0.1) is 0 Å². The van der Waals surface area contributed by atoms with Gasteiger partial charge < -0.3 is 37.6 Å². The SMILES string of the molecule is CNC(=O)CNC(=O)[C@H](CCCCNC(=O)C(F)(F)F)NC(=O)CNC(=O)[C@H](CC(C)C)NC(=O)CCCCCN. The number of hydrogen-bond donors (Lipinski definition) is 7. The number of carbonyl (C=O) groups excluding carboxylic acids is 6. The maximum atomic E-state index is 12.7. The minimum Gasteiger partial charge on any atom is -0.358 e. The Balaban J connectivity index is 5.01. The summed E-state index contributed by atoms with van der Waals surface area (Å²) in [4.78, 5) is 72.5. The number of likely N-dealkylation sites (N-methyl/N-ethyl adjacent to an activating group) is 1. The van der Waals surface area contributed by atoms with E-state index < -0.39 is 54.3 Å². The minimum atomic E-state index is -5.01. The highest BCUT2D eigenvalue weighted by Crippen LogP contribution is 2.14. The predicted molar refractivity (Wildman–Crippen MR) is 144 cm³/mol. The zero-order chi connectivity index (χ0) is 31.4. The maximum Gasteiger partial charge on any atom is 0.471 e. The lowest BCUT2D eigenvalue weighted by Crippen LogP contribution is -2.53. The van der Waals surface area contributed by atoms with Crippen molar-refractivity contribution in [2.45, 2.75) is 83.5 Å². The first-order valence-corrected chi connectivity index (χ1v) is 13.6. The van der Waals surface area contributed by atoms with Crippen molar-refractivity contribution in [3.8, 4) is 0 Å². The molecule has 0 aliphatic heterocycles. The fraction of sp³-hybridized carbons (Fsp3) is 0.760. The number of hydrogen-bond acceptors (Lipinski definition) is 7. The van der Waals surface area contributed by atoms with E-state index in [2.05, 4.69) is 26.6 Å². The van der Waals surface area contributed by atoms with Crippen LogP contribution in [0.4, 0.5) is 13.2 Å². The van der Waals surface area contributed by atoms with E-state index in [4.69, 9.17) is 5.73 Å². The molecule has 0 aromatic rings. The van der Waals surface area contributed by atoms with Crippen LogP contribution < -0.4 is 37.6 Å². The zero-order valence-electron chi connectivity index (χ0n) is 23.9. The van der Waals surface area contributed by atoms with Gasteiger partial charge in [0, 0.05) is 20.0 Å². The Morgan fingerprint density at radius 3 is 1.88 bits per heavy atom. The van der Waals surface area contributed by atoms with Crippen molar-refractivity contribution in [3.05, 3.63) is 0 Å². The molecule has 0 radical (unpaired) electrons. The van der Waals surface area contributed by atoms with Gasteiger partial charge in [0.25, 0.3) is 0 Å². The molecule has 0 aliphatic rings. The van der Waals surface area contributed by atoms with E-state index in [1.54, 1.807) is 5.32 Å². The Hall–Kier alpha value is -3.43. The lowest BCUT2D eigenvalue weighted by Gasteiger charge is -2.21. The van der Waals surface area contributed by atoms with Gasteiger partial charge in [0.15, 0.2) is 0 Å². The number of alkyl halides is 3. The summed E-state index contributed by atoms with van der Waals surface area (Å²) in [5, 5.41) is 13.9. The Bertz CT molecular complexity index is 871. The molecule has 0 rings (SSSR count). The van der Waals surface area contributed by atoms with Crippen LogP contribution in [0.25, 0.3) is 0 Å². The first kappa shape index (κ1) is 37.6. The molecule has 41 heavy (non-hydrogen) atoms. The van der Waals surface area contributed by atoms with Crippen LogP contribution in [0, 0.1) is 5.92 Å². The molecule has 0 saturated heterocycles. The van der Waals surface area contributed by atoms with E-state index in [0.717, 1.165) is 12.8 Å². The van der Waals surface area contributed by atoms with Crippen LogP contribution in [0.3, 0.4) is 0 Å². The lowest BCUT2D eigenvalue weighted by molar-refractivity contribution is -0.173. The van der Waals surface area contributed by atoms with Gasteiger partial charge in [-0.05, 0) is 51.0 Å². The predicted octanol–water partition coefficient (Wildman–Crippen LogP) is -0.652. The van der Waals surface area contributed by atoms with Gasteiger partial charge in [-0.1, -0.05) is 20.3 Å². The number of nitrogens with one attached hydrogen (secondary N) is 6. The van der Waals surface area contributed by atoms with Gasteiger partial charge in [0.2, 0.25) is 29.5 Å². The molecule has 0 aliphatic carbocycles. The maximum absolute atomic E-state index is 12.7. The number of rotatable bonds is 20. The Morgan fingerprint density at radius 2 is 1.32 bits per heavy atom.